The van der Waals surface area contributed by atoms with Gasteiger partial charge in [0, 0.05) is 16.1 Å². The molecule has 1 heterocycles. The normalized spacial score (nSPS) is 24.0. The van der Waals surface area contributed by atoms with Crippen LogP contribution >= 0.6 is 15.9 Å². The summed E-state index contributed by atoms with van der Waals surface area (Å²) < 4.78 is 15.4. The number of hydrogen-bond donors (Lipinski definition) is 1. The summed E-state index contributed by atoms with van der Waals surface area (Å²) in [5.41, 5.74) is 0.847. The first kappa shape index (κ1) is 16.9. The molecule has 2 unspecified atom stereocenters. The highest BCUT2D eigenvalue weighted by molar-refractivity contribution is 9.10. The first-order valence-electron chi connectivity index (χ1n) is 8.01. The van der Waals surface area contributed by atoms with Gasteiger partial charge in [-0.05, 0) is 70.1 Å². The van der Waals surface area contributed by atoms with Gasteiger partial charge in [0.25, 0.3) is 0 Å². The minimum atomic E-state index is -0.0766. The maximum atomic E-state index is 14.4. The number of rotatable bonds is 5. The third kappa shape index (κ3) is 4.27. The van der Waals surface area contributed by atoms with Crippen molar-refractivity contribution in [2.45, 2.75) is 38.6 Å². The first-order valence-corrected chi connectivity index (χ1v) is 8.80. The van der Waals surface area contributed by atoms with E-state index in [-0.39, 0.29) is 11.9 Å². The maximum absolute atomic E-state index is 14.4. The summed E-state index contributed by atoms with van der Waals surface area (Å²) in [6.07, 6.45) is 4.72. The summed E-state index contributed by atoms with van der Waals surface area (Å²) in [6.45, 7) is 5.25. The SMILES string of the molecule is CCCN1CCCCC(CNC)C1c1cc(Br)ccc1F. The lowest BCUT2D eigenvalue weighted by Crippen LogP contribution is -2.37. The fourth-order valence-corrected chi connectivity index (χ4v) is 3.90. The largest absolute Gasteiger partial charge is 0.319 e. The molecule has 118 valence electrons. The average molecular weight is 357 g/mol. The summed E-state index contributed by atoms with van der Waals surface area (Å²) in [7, 11) is 1.99. The van der Waals surface area contributed by atoms with Gasteiger partial charge in [0.15, 0.2) is 0 Å². The predicted molar refractivity (Wildman–Crippen MR) is 90.0 cm³/mol. The second kappa shape index (κ2) is 8.25. The summed E-state index contributed by atoms with van der Waals surface area (Å²) in [5.74, 6) is 0.389. The van der Waals surface area contributed by atoms with E-state index in [1.807, 2.05) is 13.1 Å². The molecule has 1 saturated heterocycles. The van der Waals surface area contributed by atoms with Gasteiger partial charge in [-0.15, -0.1) is 0 Å². The molecule has 1 N–H and O–H groups in total. The fraction of sp³-hybridized carbons (Fsp3) is 0.647. The molecule has 0 aliphatic carbocycles. The van der Waals surface area contributed by atoms with E-state index in [1.54, 1.807) is 12.1 Å². The average Bonchev–Trinajstić information content (AvgIpc) is 2.65. The third-order valence-electron chi connectivity index (χ3n) is 4.36. The highest BCUT2D eigenvalue weighted by Crippen LogP contribution is 2.37. The van der Waals surface area contributed by atoms with Crippen LogP contribution in [0.1, 0.15) is 44.2 Å². The summed E-state index contributed by atoms with van der Waals surface area (Å²) >= 11 is 3.50. The van der Waals surface area contributed by atoms with E-state index in [9.17, 15) is 4.39 Å². The number of nitrogens with zero attached hydrogens (tertiary/aromatic N) is 1. The lowest BCUT2D eigenvalue weighted by atomic mass is 9.88. The van der Waals surface area contributed by atoms with Crippen LogP contribution in [0.4, 0.5) is 4.39 Å². The Kier molecular flexibility index (Phi) is 6.65. The molecule has 1 aromatic rings. The van der Waals surface area contributed by atoms with E-state index in [0.717, 1.165) is 42.5 Å². The lowest BCUT2D eigenvalue weighted by molar-refractivity contribution is 0.151. The van der Waals surface area contributed by atoms with Gasteiger partial charge >= 0.3 is 0 Å². The molecule has 1 aliphatic rings. The van der Waals surface area contributed by atoms with Crippen LogP contribution in [-0.4, -0.2) is 31.6 Å². The topological polar surface area (TPSA) is 15.3 Å². The van der Waals surface area contributed by atoms with Crippen molar-refractivity contribution in [3.63, 3.8) is 0 Å². The summed E-state index contributed by atoms with van der Waals surface area (Å²) in [6, 6.07) is 5.52. The van der Waals surface area contributed by atoms with Crippen molar-refractivity contribution in [1.29, 1.82) is 0 Å². The molecular formula is C17H26BrFN2. The minimum Gasteiger partial charge on any atom is -0.319 e. The van der Waals surface area contributed by atoms with Crippen molar-refractivity contribution in [2.24, 2.45) is 5.92 Å². The van der Waals surface area contributed by atoms with Crippen molar-refractivity contribution in [2.75, 3.05) is 26.7 Å². The van der Waals surface area contributed by atoms with Crippen molar-refractivity contribution >= 4 is 15.9 Å². The molecule has 1 fully saturated rings. The van der Waals surface area contributed by atoms with Gasteiger partial charge < -0.3 is 5.32 Å². The van der Waals surface area contributed by atoms with E-state index >= 15 is 0 Å². The molecule has 2 atom stereocenters. The molecule has 0 aromatic heterocycles. The van der Waals surface area contributed by atoms with Crippen LogP contribution in [0.15, 0.2) is 22.7 Å². The zero-order valence-corrected chi connectivity index (χ0v) is 14.6. The highest BCUT2D eigenvalue weighted by atomic mass is 79.9. The van der Waals surface area contributed by atoms with Crippen LogP contribution in [0.5, 0.6) is 0 Å². The Labute approximate surface area is 136 Å². The van der Waals surface area contributed by atoms with Gasteiger partial charge in [-0.25, -0.2) is 4.39 Å². The molecule has 0 saturated carbocycles. The molecule has 1 aromatic carbocycles. The second-order valence-electron chi connectivity index (χ2n) is 5.96. The van der Waals surface area contributed by atoms with E-state index in [4.69, 9.17) is 0 Å². The van der Waals surface area contributed by atoms with Gasteiger partial charge in [-0.1, -0.05) is 29.3 Å². The number of likely N-dealkylation sites (tertiary alicyclic amines) is 1. The molecule has 4 heteroatoms. The Morgan fingerprint density at radius 3 is 2.90 bits per heavy atom. The van der Waals surface area contributed by atoms with E-state index < -0.39 is 0 Å². The highest BCUT2D eigenvalue weighted by Gasteiger charge is 2.32. The van der Waals surface area contributed by atoms with Crippen LogP contribution < -0.4 is 5.32 Å². The summed E-state index contributed by atoms with van der Waals surface area (Å²) in [4.78, 5) is 2.49. The molecule has 0 radical (unpaired) electrons. The van der Waals surface area contributed by atoms with Crippen molar-refractivity contribution in [3.8, 4) is 0 Å². The minimum absolute atomic E-state index is 0.0766. The second-order valence-corrected chi connectivity index (χ2v) is 6.88. The molecule has 2 nitrogen and oxygen atoms in total. The molecule has 0 spiro atoms. The van der Waals surface area contributed by atoms with Gasteiger partial charge in [-0.2, -0.15) is 0 Å². The standard InChI is InChI=1S/C17H26BrFN2/c1-3-9-21-10-5-4-6-13(12-20-2)17(21)15-11-14(18)7-8-16(15)19/h7-8,11,13,17,20H,3-6,9-10,12H2,1-2H3. The van der Waals surface area contributed by atoms with E-state index in [1.165, 1.54) is 12.8 Å². The van der Waals surface area contributed by atoms with Crippen molar-refractivity contribution < 1.29 is 4.39 Å². The van der Waals surface area contributed by atoms with Gasteiger partial charge in [0.1, 0.15) is 5.82 Å². The molecule has 0 amide bonds. The van der Waals surface area contributed by atoms with Crippen LogP contribution in [0.2, 0.25) is 0 Å². The first-order chi connectivity index (χ1) is 10.2. The number of nitrogens with one attached hydrogen (secondary N) is 1. The van der Waals surface area contributed by atoms with Gasteiger partial charge in [-0.3, -0.25) is 4.90 Å². The predicted octanol–water partition coefficient (Wildman–Crippen LogP) is 4.36. The fourth-order valence-electron chi connectivity index (χ4n) is 3.52. The lowest BCUT2D eigenvalue weighted by Gasteiger charge is -2.35. The van der Waals surface area contributed by atoms with Crippen LogP contribution in [-0.2, 0) is 0 Å². The van der Waals surface area contributed by atoms with E-state index in [2.05, 4.69) is 33.1 Å². The molecular weight excluding hydrogens is 331 g/mol. The Morgan fingerprint density at radius 1 is 1.38 bits per heavy atom. The van der Waals surface area contributed by atoms with Crippen molar-refractivity contribution in [3.05, 3.63) is 34.1 Å². The zero-order valence-electron chi connectivity index (χ0n) is 13.0. The number of benzene rings is 1. The third-order valence-corrected chi connectivity index (χ3v) is 4.86. The number of hydrogen-bond acceptors (Lipinski definition) is 2. The Morgan fingerprint density at radius 2 is 2.19 bits per heavy atom. The van der Waals surface area contributed by atoms with Crippen molar-refractivity contribution in [1.82, 2.24) is 10.2 Å². The molecule has 21 heavy (non-hydrogen) atoms. The Balaban J connectivity index is 2.39. The smallest absolute Gasteiger partial charge is 0.128 e. The quantitative estimate of drug-likeness (QED) is 0.842. The van der Waals surface area contributed by atoms with Crippen LogP contribution in [0.3, 0.4) is 0 Å². The van der Waals surface area contributed by atoms with Crippen LogP contribution in [0, 0.1) is 11.7 Å². The summed E-state index contributed by atoms with van der Waals surface area (Å²) in [5, 5.41) is 3.30. The van der Waals surface area contributed by atoms with Gasteiger partial charge in [0.05, 0.1) is 0 Å². The van der Waals surface area contributed by atoms with Gasteiger partial charge in [0.2, 0.25) is 0 Å². The van der Waals surface area contributed by atoms with Crippen LogP contribution in [0.25, 0.3) is 0 Å². The maximum Gasteiger partial charge on any atom is 0.128 e. The molecule has 2 rings (SSSR count). The Hall–Kier alpha value is -0.450. The van der Waals surface area contributed by atoms with E-state index in [0.29, 0.717) is 5.92 Å². The number of halogens is 2. The molecule has 0 bridgehead atoms. The monoisotopic (exact) mass is 356 g/mol. The Bertz CT molecular complexity index is 436. The zero-order chi connectivity index (χ0) is 15.2. The molecule has 1 aliphatic heterocycles.